The Kier molecular flexibility index (Phi) is 3.31. The first-order valence-corrected chi connectivity index (χ1v) is 6.72. The number of aliphatic imine (C=N–C) groups is 1. The summed E-state index contributed by atoms with van der Waals surface area (Å²) in [7, 11) is 1.69. The van der Waals surface area contributed by atoms with Gasteiger partial charge in [-0.2, -0.15) is 0 Å². The largest absolute Gasteiger partial charge is 0.354 e. The number of hydrogen-bond acceptors (Lipinski definition) is 1. The van der Waals surface area contributed by atoms with Crippen LogP contribution < -0.4 is 10.6 Å². The molecule has 2 aliphatic carbocycles. The van der Waals surface area contributed by atoms with E-state index in [9.17, 15) is 13.2 Å². The molecule has 0 bridgehead atoms. The maximum Gasteiger partial charge on any atom is 0.194 e. The molecule has 3 nitrogen and oxygen atoms in total. The number of nitrogens with one attached hydrogen (secondary N) is 2. The van der Waals surface area contributed by atoms with Crippen LogP contribution in [0.15, 0.2) is 17.1 Å². The molecule has 0 unspecified atom stereocenters. The summed E-state index contributed by atoms with van der Waals surface area (Å²) in [5, 5.41) is 6.46. The summed E-state index contributed by atoms with van der Waals surface area (Å²) in [6, 6.07) is 2.72. The van der Waals surface area contributed by atoms with Crippen molar-refractivity contribution < 1.29 is 13.2 Å². The number of halogens is 3. The fraction of sp³-hybridized carbons (Fsp3) is 0.500. The number of rotatable bonds is 3. The summed E-state index contributed by atoms with van der Waals surface area (Å²) in [5.41, 5.74) is 0.487. The minimum Gasteiger partial charge on any atom is -0.354 e. The van der Waals surface area contributed by atoms with Gasteiger partial charge in [-0.1, -0.05) is 0 Å². The van der Waals surface area contributed by atoms with Gasteiger partial charge in [-0.25, -0.2) is 13.2 Å². The van der Waals surface area contributed by atoms with Crippen LogP contribution in [0.1, 0.15) is 30.7 Å². The maximum atomic E-state index is 13.2. The van der Waals surface area contributed by atoms with Gasteiger partial charge in [0.25, 0.3) is 0 Å². The molecule has 2 fully saturated rings. The van der Waals surface area contributed by atoms with Crippen molar-refractivity contribution in [1.29, 1.82) is 0 Å². The van der Waals surface area contributed by atoms with Gasteiger partial charge in [0.2, 0.25) is 0 Å². The van der Waals surface area contributed by atoms with Gasteiger partial charge >= 0.3 is 0 Å². The van der Waals surface area contributed by atoms with E-state index >= 15 is 0 Å². The smallest absolute Gasteiger partial charge is 0.194 e. The molecule has 0 heterocycles. The third-order valence-electron chi connectivity index (χ3n) is 3.69. The Labute approximate surface area is 115 Å². The van der Waals surface area contributed by atoms with Gasteiger partial charge in [-0.15, -0.1) is 0 Å². The summed E-state index contributed by atoms with van der Waals surface area (Å²) in [4.78, 5) is 4.11. The molecule has 0 aliphatic heterocycles. The highest BCUT2D eigenvalue weighted by atomic mass is 19.2. The topological polar surface area (TPSA) is 36.4 Å². The van der Waals surface area contributed by atoms with Crippen LogP contribution in [0, 0.1) is 17.5 Å². The van der Waals surface area contributed by atoms with Crippen molar-refractivity contribution in [3.8, 4) is 0 Å². The minimum absolute atomic E-state index is 0.00245. The molecule has 0 spiro atoms. The molecule has 2 atom stereocenters. The highest BCUT2D eigenvalue weighted by Gasteiger charge is 2.40. The second-order valence-corrected chi connectivity index (χ2v) is 5.38. The molecular formula is C14H16F3N3. The monoisotopic (exact) mass is 283 g/mol. The van der Waals surface area contributed by atoms with E-state index in [1.165, 1.54) is 0 Å². The molecule has 2 saturated carbocycles. The predicted octanol–water partition coefficient (Wildman–Crippen LogP) is 2.29. The van der Waals surface area contributed by atoms with Crippen LogP contribution in [-0.2, 0) is 0 Å². The molecule has 108 valence electrons. The second kappa shape index (κ2) is 5.00. The zero-order valence-electron chi connectivity index (χ0n) is 11.1. The molecule has 2 aliphatic rings. The summed E-state index contributed by atoms with van der Waals surface area (Å²) in [5.74, 6) is -2.97. The van der Waals surface area contributed by atoms with Gasteiger partial charge in [-0.3, -0.25) is 4.99 Å². The first-order chi connectivity index (χ1) is 9.58. The van der Waals surface area contributed by atoms with Crippen LogP contribution in [0.5, 0.6) is 0 Å². The zero-order valence-corrected chi connectivity index (χ0v) is 11.1. The van der Waals surface area contributed by atoms with Gasteiger partial charge in [-0.05, 0) is 37.0 Å². The van der Waals surface area contributed by atoms with Gasteiger partial charge < -0.3 is 10.6 Å². The Balaban J connectivity index is 1.63. The van der Waals surface area contributed by atoms with Gasteiger partial charge in [0.15, 0.2) is 23.4 Å². The molecular weight excluding hydrogens is 267 g/mol. The molecule has 0 radical (unpaired) electrons. The van der Waals surface area contributed by atoms with Gasteiger partial charge in [0, 0.05) is 25.0 Å². The van der Waals surface area contributed by atoms with Crippen LogP contribution in [0.2, 0.25) is 0 Å². The molecule has 1 aromatic rings. The first kappa shape index (κ1) is 13.3. The fourth-order valence-corrected chi connectivity index (χ4v) is 2.28. The summed E-state index contributed by atoms with van der Waals surface area (Å²) >= 11 is 0. The molecule has 20 heavy (non-hydrogen) atoms. The number of hydrogen-bond donors (Lipinski definition) is 2. The van der Waals surface area contributed by atoms with Crippen molar-refractivity contribution in [2.75, 3.05) is 7.05 Å². The van der Waals surface area contributed by atoms with Gasteiger partial charge in [0.05, 0.1) is 0 Å². The Bertz CT molecular complexity index is 532. The fourth-order valence-electron chi connectivity index (χ4n) is 2.28. The number of guanidine groups is 1. The minimum atomic E-state index is -1.41. The predicted molar refractivity (Wildman–Crippen MR) is 70.1 cm³/mol. The van der Waals surface area contributed by atoms with Crippen molar-refractivity contribution in [2.24, 2.45) is 4.99 Å². The highest BCUT2D eigenvalue weighted by Crippen LogP contribution is 2.41. The van der Waals surface area contributed by atoms with Crippen molar-refractivity contribution in [1.82, 2.24) is 10.6 Å². The zero-order chi connectivity index (χ0) is 14.3. The molecule has 1 aromatic carbocycles. The Morgan fingerprint density at radius 1 is 1.15 bits per heavy atom. The standard InChI is InChI=1S/C14H16F3N3/c1-18-14(19-8-2-3-8)20-12-6-9(12)7-4-10(15)13(17)11(16)5-7/h4-5,8-9,12H,2-3,6H2,1H3,(H2,18,19,20)/t9-,12+/m0/s1. The summed E-state index contributed by atoms with van der Waals surface area (Å²) in [6.45, 7) is 0. The molecule has 0 saturated heterocycles. The first-order valence-electron chi connectivity index (χ1n) is 6.72. The van der Waals surface area contributed by atoms with E-state index in [1.807, 2.05) is 0 Å². The molecule has 0 aromatic heterocycles. The average Bonchev–Trinajstić information content (AvgIpc) is 3.30. The van der Waals surface area contributed by atoms with Crippen LogP contribution >= 0.6 is 0 Å². The molecule has 3 rings (SSSR count). The third-order valence-corrected chi connectivity index (χ3v) is 3.69. The number of nitrogens with zero attached hydrogens (tertiary/aromatic N) is 1. The van der Waals surface area contributed by atoms with Gasteiger partial charge in [0.1, 0.15) is 0 Å². The van der Waals surface area contributed by atoms with Crippen LogP contribution in [0.25, 0.3) is 0 Å². The van der Waals surface area contributed by atoms with E-state index in [0.29, 0.717) is 17.6 Å². The van der Waals surface area contributed by atoms with Crippen LogP contribution in [0.3, 0.4) is 0 Å². The van der Waals surface area contributed by atoms with Crippen LogP contribution in [-0.4, -0.2) is 25.1 Å². The lowest BCUT2D eigenvalue weighted by Gasteiger charge is -2.11. The van der Waals surface area contributed by atoms with Crippen molar-refractivity contribution in [3.63, 3.8) is 0 Å². The van der Waals surface area contributed by atoms with Crippen LogP contribution in [0.4, 0.5) is 13.2 Å². The Morgan fingerprint density at radius 3 is 2.35 bits per heavy atom. The lowest BCUT2D eigenvalue weighted by molar-refractivity contribution is 0.445. The second-order valence-electron chi connectivity index (χ2n) is 5.38. The van der Waals surface area contributed by atoms with Crippen molar-refractivity contribution in [2.45, 2.75) is 37.3 Å². The third kappa shape index (κ3) is 2.73. The summed E-state index contributed by atoms with van der Waals surface area (Å²) < 4.78 is 39.3. The lowest BCUT2D eigenvalue weighted by atomic mass is 10.1. The molecule has 6 heteroatoms. The highest BCUT2D eigenvalue weighted by molar-refractivity contribution is 5.81. The normalized spacial score (nSPS) is 25.5. The van der Waals surface area contributed by atoms with E-state index in [-0.39, 0.29) is 12.0 Å². The van der Waals surface area contributed by atoms with E-state index in [2.05, 4.69) is 15.6 Å². The average molecular weight is 283 g/mol. The van der Waals surface area contributed by atoms with E-state index in [1.54, 1.807) is 7.05 Å². The quantitative estimate of drug-likeness (QED) is 0.507. The molecule has 0 amide bonds. The van der Waals surface area contributed by atoms with Crippen molar-refractivity contribution >= 4 is 5.96 Å². The summed E-state index contributed by atoms with van der Waals surface area (Å²) in [6.07, 6.45) is 3.04. The van der Waals surface area contributed by atoms with E-state index in [4.69, 9.17) is 0 Å². The SMILES string of the molecule is CN=C(NC1CC1)N[C@@H]1C[C@H]1c1cc(F)c(F)c(F)c1. The maximum absolute atomic E-state index is 13.2. The number of benzene rings is 1. The van der Waals surface area contributed by atoms with Crippen molar-refractivity contribution in [3.05, 3.63) is 35.1 Å². The van der Waals surface area contributed by atoms with E-state index in [0.717, 1.165) is 31.4 Å². The lowest BCUT2D eigenvalue weighted by Crippen LogP contribution is -2.40. The molecule has 2 N–H and O–H groups in total. The Hall–Kier alpha value is -1.72. The van der Waals surface area contributed by atoms with E-state index < -0.39 is 17.5 Å². The Morgan fingerprint density at radius 2 is 1.80 bits per heavy atom.